The summed E-state index contributed by atoms with van der Waals surface area (Å²) < 4.78 is 31.2. The lowest BCUT2D eigenvalue weighted by atomic mass is 10.3. The predicted molar refractivity (Wildman–Crippen MR) is 82.5 cm³/mol. The highest BCUT2D eigenvalue weighted by Gasteiger charge is 2.30. The molecule has 0 amide bonds. The van der Waals surface area contributed by atoms with Crippen LogP contribution in [0.4, 0.5) is 5.69 Å². The van der Waals surface area contributed by atoms with Gasteiger partial charge in [-0.25, -0.2) is 8.42 Å². The van der Waals surface area contributed by atoms with Crippen LogP contribution in [0, 0.1) is 10.1 Å². The number of rotatable bonds is 6. The number of hydrogen-bond acceptors (Lipinski definition) is 6. The van der Waals surface area contributed by atoms with Gasteiger partial charge in [0.05, 0.1) is 18.1 Å². The van der Waals surface area contributed by atoms with Gasteiger partial charge in [0.15, 0.2) is 4.90 Å². The van der Waals surface area contributed by atoms with E-state index < -0.39 is 20.6 Å². The molecule has 0 aliphatic heterocycles. The molecule has 0 aliphatic rings. The number of ether oxygens (including phenoxy) is 1. The van der Waals surface area contributed by atoms with Crippen LogP contribution in [-0.2, 0) is 16.6 Å². The van der Waals surface area contributed by atoms with E-state index in [0.29, 0.717) is 5.56 Å². The average Bonchev–Trinajstić information content (AvgIpc) is 2.55. The molecule has 9 heteroatoms. The van der Waals surface area contributed by atoms with Crippen LogP contribution in [0.15, 0.2) is 47.6 Å². The minimum absolute atomic E-state index is 0.0549. The predicted octanol–water partition coefficient (Wildman–Crippen LogP) is 1.82. The van der Waals surface area contributed by atoms with Crippen molar-refractivity contribution in [3.63, 3.8) is 0 Å². The summed E-state index contributed by atoms with van der Waals surface area (Å²) in [4.78, 5) is 14.0. The summed E-state index contributed by atoms with van der Waals surface area (Å²) in [5.74, 6) is 0.213. The molecule has 23 heavy (non-hydrogen) atoms. The summed E-state index contributed by atoms with van der Waals surface area (Å²) in [6.45, 7) is 0.0549. The van der Waals surface area contributed by atoms with E-state index >= 15 is 0 Å². The third-order valence-corrected chi connectivity index (χ3v) is 5.03. The zero-order valence-electron chi connectivity index (χ0n) is 12.5. The van der Waals surface area contributed by atoms with Crippen LogP contribution in [0.25, 0.3) is 0 Å². The molecule has 0 saturated carbocycles. The van der Waals surface area contributed by atoms with Crippen molar-refractivity contribution in [3.8, 4) is 5.75 Å². The maximum Gasteiger partial charge on any atom is 0.293 e. The van der Waals surface area contributed by atoms with E-state index in [2.05, 4.69) is 4.98 Å². The first-order valence-electron chi connectivity index (χ1n) is 6.54. The Balaban J connectivity index is 2.41. The number of nitrogens with zero attached hydrogens (tertiary/aromatic N) is 3. The topological polar surface area (TPSA) is 103 Å². The maximum atomic E-state index is 12.6. The summed E-state index contributed by atoms with van der Waals surface area (Å²) >= 11 is 0. The van der Waals surface area contributed by atoms with Crippen molar-refractivity contribution in [1.82, 2.24) is 9.29 Å². The Morgan fingerprint density at radius 2 is 2.09 bits per heavy atom. The fourth-order valence-electron chi connectivity index (χ4n) is 1.99. The van der Waals surface area contributed by atoms with E-state index in [1.165, 1.54) is 32.5 Å². The van der Waals surface area contributed by atoms with Gasteiger partial charge in [-0.2, -0.15) is 4.31 Å². The number of methoxy groups -OCH3 is 1. The Morgan fingerprint density at radius 1 is 1.35 bits per heavy atom. The molecule has 1 heterocycles. The molecule has 8 nitrogen and oxygen atoms in total. The molecule has 0 atom stereocenters. The minimum Gasteiger partial charge on any atom is -0.497 e. The van der Waals surface area contributed by atoms with Crippen LogP contribution in [0.3, 0.4) is 0 Å². The molecule has 2 aromatic rings. The Morgan fingerprint density at radius 3 is 2.65 bits per heavy atom. The highest BCUT2D eigenvalue weighted by molar-refractivity contribution is 7.89. The summed E-state index contributed by atoms with van der Waals surface area (Å²) in [5.41, 5.74) is 0.150. The van der Waals surface area contributed by atoms with Gasteiger partial charge in [-0.05, 0) is 23.8 Å². The zero-order valence-corrected chi connectivity index (χ0v) is 13.4. The number of hydrogen-bond donors (Lipinski definition) is 0. The molecular weight excluding hydrogens is 322 g/mol. The smallest absolute Gasteiger partial charge is 0.293 e. The summed E-state index contributed by atoms with van der Waals surface area (Å²) in [6.07, 6.45) is 3.11. The van der Waals surface area contributed by atoms with Gasteiger partial charge in [0.25, 0.3) is 5.69 Å². The Kier molecular flexibility index (Phi) is 4.92. The second kappa shape index (κ2) is 6.71. The quantitative estimate of drug-likeness (QED) is 0.588. The third-order valence-electron chi connectivity index (χ3n) is 3.18. The normalized spacial score (nSPS) is 11.4. The van der Waals surface area contributed by atoms with E-state index in [-0.39, 0.29) is 17.2 Å². The minimum atomic E-state index is -4.03. The fourth-order valence-corrected chi connectivity index (χ4v) is 3.28. The molecule has 0 fully saturated rings. The van der Waals surface area contributed by atoms with Crippen molar-refractivity contribution in [3.05, 3.63) is 58.4 Å². The number of pyridine rings is 1. The number of nitro groups is 1. The van der Waals surface area contributed by atoms with Crippen LogP contribution in [0.1, 0.15) is 5.56 Å². The van der Waals surface area contributed by atoms with Gasteiger partial charge < -0.3 is 4.74 Å². The molecule has 1 aromatic carbocycles. The zero-order chi connectivity index (χ0) is 17.0. The summed E-state index contributed by atoms with van der Waals surface area (Å²) in [5, 5.41) is 11.2. The molecule has 0 radical (unpaired) electrons. The first-order valence-corrected chi connectivity index (χ1v) is 7.98. The maximum absolute atomic E-state index is 12.6. The van der Waals surface area contributed by atoms with Gasteiger partial charge >= 0.3 is 0 Å². The number of benzene rings is 1. The average molecular weight is 337 g/mol. The Hall–Kier alpha value is -2.52. The van der Waals surface area contributed by atoms with Gasteiger partial charge in [-0.1, -0.05) is 6.07 Å². The van der Waals surface area contributed by atoms with Crippen LogP contribution < -0.4 is 4.74 Å². The lowest BCUT2D eigenvalue weighted by Crippen LogP contribution is -2.27. The van der Waals surface area contributed by atoms with E-state index in [4.69, 9.17) is 4.74 Å². The van der Waals surface area contributed by atoms with E-state index in [1.807, 2.05) is 0 Å². The number of nitro benzene ring substituents is 1. The molecule has 1 aromatic heterocycles. The molecule has 0 bridgehead atoms. The Bertz CT molecular complexity index is 808. The van der Waals surface area contributed by atoms with Crippen molar-refractivity contribution in [1.29, 1.82) is 0 Å². The van der Waals surface area contributed by atoms with Crippen LogP contribution in [0.2, 0.25) is 0 Å². The molecule has 0 unspecified atom stereocenters. The van der Waals surface area contributed by atoms with Crippen molar-refractivity contribution in [2.24, 2.45) is 0 Å². The Labute approximate surface area is 133 Å². The van der Waals surface area contributed by atoms with Gasteiger partial charge in [-0.15, -0.1) is 0 Å². The van der Waals surface area contributed by atoms with Crippen molar-refractivity contribution < 1.29 is 18.1 Å². The second-order valence-corrected chi connectivity index (χ2v) is 6.73. The lowest BCUT2D eigenvalue weighted by molar-refractivity contribution is -0.387. The number of aromatic nitrogens is 1. The molecule has 0 N–H and O–H groups in total. The monoisotopic (exact) mass is 337 g/mol. The van der Waals surface area contributed by atoms with Crippen LogP contribution in [0.5, 0.6) is 5.75 Å². The van der Waals surface area contributed by atoms with Crippen molar-refractivity contribution in [2.75, 3.05) is 14.2 Å². The van der Waals surface area contributed by atoms with Crippen molar-refractivity contribution in [2.45, 2.75) is 11.4 Å². The standard InChI is InChI=1S/C14H15N3O5S/c1-16(10-11-4-3-7-15-9-11)23(20,21)14-6-5-12(22-2)8-13(14)17(18)19/h3-9H,10H2,1-2H3. The second-order valence-electron chi connectivity index (χ2n) is 4.71. The highest BCUT2D eigenvalue weighted by Crippen LogP contribution is 2.30. The van der Waals surface area contributed by atoms with Crippen LogP contribution in [-0.4, -0.2) is 36.8 Å². The lowest BCUT2D eigenvalue weighted by Gasteiger charge is -2.17. The number of sulfonamides is 1. The SMILES string of the molecule is COc1ccc(S(=O)(=O)N(C)Cc2cccnc2)c([N+](=O)[O-])c1. The van der Waals surface area contributed by atoms with Gasteiger partial charge in [-0.3, -0.25) is 15.1 Å². The molecule has 0 spiro atoms. The fraction of sp³-hybridized carbons (Fsp3) is 0.214. The van der Waals surface area contributed by atoms with Crippen LogP contribution >= 0.6 is 0 Å². The third kappa shape index (κ3) is 3.63. The largest absolute Gasteiger partial charge is 0.497 e. The van der Waals surface area contributed by atoms with Gasteiger partial charge in [0, 0.05) is 26.0 Å². The molecular formula is C14H15N3O5S. The molecule has 122 valence electrons. The van der Waals surface area contributed by atoms with Crippen molar-refractivity contribution >= 4 is 15.7 Å². The van der Waals surface area contributed by atoms with E-state index in [0.717, 1.165) is 10.4 Å². The van der Waals surface area contributed by atoms with Gasteiger partial charge in [0.2, 0.25) is 10.0 Å². The molecule has 0 saturated heterocycles. The van der Waals surface area contributed by atoms with Gasteiger partial charge in [0.1, 0.15) is 5.75 Å². The highest BCUT2D eigenvalue weighted by atomic mass is 32.2. The summed E-state index contributed by atoms with van der Waals surface area (Å²) in [6, 6.07) is 7.04. The van der Waals surface area contributed by atoms with E-state index in [1.54, 1.807) is 18.3 Å². The first kappa shape index (κ1) is 16.8. The first-order chi connectivity index (χ1) is 10.9. The van der Waals surface area contributed by atoms with E-state index in [9.17, 15) is 18.5 Å². The summed E-state index contributed by atoms with van der Waals surface area (Å²) in [7, 11) is -1.32. The molecule has 0 aliphatic carbocycles. The molecule has 2 rings (SSSR count).